The molecule has 0 radical (unpaired) electrons. The van der Waals surface area contributed by atoms with Crippen LogP contribution in [0, 0.1) is 0 Å². The van der Waals surface area contributed by atoms with Crippen molar-refractivity contribution in [3.8, 4) is 11.5 Å². The SMILES string of the molecule is CCN(Cc1ccc(C(=O)N(C)C)cc1)C(=O)c1cc(Cl)c(OCC(N)=O)c(OC)c1. The normalized spacial score (nSPS) is 10.4. The molecule has 0 unspecified atom stereocenters. The molecule has 0 saturated heterocycles. The van der Waals surface area contributed by atoms with E-state index in [0.29, 0.717) is 24.2 Å². The van der Waals surface area contributed by atoms with Gasteiger partial charge in [-0.25, -0.2) is 0 Å². The predicted molar refractivity (Wildman–Crippen MR) is 118 cm³/mol. The van der Waals surface area contributed by atoms with E-state index >= 15 is 0 Å². The molecule has 2 aromatic carbocycles. The van der Waals surface area contributed by atoms with Crippen molar-refractivity contribution >= 4 is 29.3 Å². The molecular formula is C22H26ClN3O5. The first-order valence-electron chi connectivity index (χ1n) is 9.56. The number of carbonyl (C=O) groups excluding carboxylic acids is 3. The second kappa shape index (κ2) is 10.7. The van der Waals surface area contributed by atoms with Crippen molar-refractivity contribution < 1.29 is 23.9 Å². The van der Waals surface area contributed by atoms with E-state index in [1.165, 1.54) is 24.1 Å². The van der Waals surface area contributed by atoms with Crippen LogP contribution in [0.2, 0.25) is 5.02 Å². The van der Waals surface area contributed by atoms with Crippen LogP contribution in [-0.2, 0) is 11.3 Å². The fraction of sp³-hybridized carbons (Fsp3) is 0.318. The van der Waals surface area contributed by atoms with Gasteiger partial charge in [-0.15, -0.1) is 0 Å². The highest BCUT2D eigenvalue weighted by atomic mass is 35.5. The molecule has 0 saturated carbocycles. The van der Waals surface area contributed by atoms with Gasteiger partial charge >= 0.3 is 0 Å². The minimum absolute atomic E-state index is 0.0876. The number of carbonyl (C=O) groups is 3. The Morgan fingerprint density at radius 3 is 2.19 bits per heavy atom. The number of benzene rings is 2. The molecule has 31 heavy (non-hydrogen) atoms. The zero-order valence-corrected chi connectivity index (χ0v) is 18.7. The number of rotatable bonds is 9. The Labute approximate surface area is 186 Å². The van der Waals surface area contributed by atoms with Crippen LogP contribution in [-0.4, -0.2) is 61.9 Å². The van der Waals surface area contributed by atoms with Crippen molar-refractivity contribution in [3.05, 3.63) is 58.1 Å². The quantitative estimate of drug-likeness (QED) is 0.636. The van der Waals surface area contributed by atoms with Crippen LogP contribution in [0.25, 0.3) is 0 Å². The van der Waals surface area contributed by atoms with Crippen molar-refractivity contribution in [2.75, 3.05) is 34.4 Å². The summed E-state index contributed by atoms with van der Waals surface area (Å²) in [5, 5.41) is 0.131. The molecule has 2 N–H and O–H groups in total. The van der Waals surface area contributed by atoms with Gasteiger partial charge in [0.2, 0.25) is 0 Å². The lowest BCUT2D eigenvalue weighted by molar-refractivity contribution is -0.119. The molecule has 3 amide bonds. The van der Waals surface area contributed by atoms with Crippen LogP contribution in [0.15, 0.2) is 36.4 Å². The molecule has 2 rings (SSSR count). The number of ether oxygens (including phenoxy) is 2. The molecule has 0 fully saturated rings. The maximum atomic E-state index is 13.1. The molecule has 0 aromatic heterocycles. The van der Waals surface area contributed by atoms with E-state index in [9.17, 15) is 14.4 Å². The van der Waals surface area contributed by atoms with Crippen molar-refractivity contribution in [1.82, 2.24) is 9.80 Å². The fourth-order valence-electron chi connectivity index (χ4n) is 2.87. The highest BCUT2D eigenvalue weighted by Gasteiger charge is 2.20. The Morgan fingerprint density at radius 2 is 1.68 bits per heavy atom. The molecule has 0 bridgehead atoms. The van der Waals surface area contributed by atoms with Gasteiger partial charge in [0.05, 0.1) is 12.1 Å². The molecule has 0 aliphatic carbocycles. The minimum atomic E-state index is -0.659. The molecule has 8 nitrogen and oxygen atoms in total. The van der Waals surface area contributed by atoms with Gasteiger partial charge in [0.25, 0.3) is 17.7 Å². The third kappa shape index (κ3) is 6.11. The van der Waals surface area contributed by atoms with E-state index in [0.717, 1.165) is 5.56 Å². The van der Waals surface area contributed by atoms with Crippen LogP contribution >= 0.6 is 11.6 Å². The Hall–Kier alpha value is -3.26. The second-order valence-electron chi connectivity index (χ2n) is 6.96. The maximum Gasteiger partial charge on any atom is 0.255 e. The minimum Gasteiger partial charge on any atom is -0.493 e. The predicted octanol–water partition coefficient (Wildman–Crippen LogP) is 2.58. The molecule has 0 atom stereocenters. The Balaban J connectivity index is 2.22. The highest BCUT2D eigenvalue weighted by molar-refractivity contribution is 6.32. The summed E-state index contributed by atoms with van der Waals surface area (Å²) in [7, 11) is 4.79. The van der Waals surface area contributed by atoms with Crippen molar-refractivity contribution in [2.45, 2.75) is 13.5 Å². The zero-order chi connectivity index (χ0) is 23.1. The van der Waals surface area contributed by atoms with Gasteiger partial charge in [-0.2, -0.15) is 0 Å². The summed E-state index contributed by atoms with van der Waals surface area (Å²) in [6.07, 6.45) is 0. The highest BCUT2D eigenvalue weighted by Crippen LogP contribution is 2.36. The van der Waals surface area contributed by atoms with E-state index in [2.05, 4.69) is 0 Å². The monoisotopic (exact) mass is 447 g/mol. The van der Waals surface area contributed by atoms with E-state index in [1.807, 2.05) is 19.1 Å². The lowest BCUT2D eigenvalue weighted by atomic mass is 10.1. The number of hydrogen-bond donors (Lipinski definition) is 1. The number of hydrogen-bond acceptors (Lipinski definition) is 5. The van der Waals surface area contributed by atoms with E-state index in [4.69, 9.17) is 26.8 Å². The van der Waals surface area contributed by atoms with Gasteiger partial charge in [0.15, 0.2) is 18.1 Å². The molecule has 0 spiro atoms. The average molecular weight is 448 g/mol. The number of halogens is 1. The number of primary amides is 1. The average Bonchev–Trinajstić information content (AvgIpc) is 2.75. The van der Waals surface area contributed by atoms with Gasteiger partial charge in [0.1, 0.15) is 0 Å². The van der Waals surface area contributed by atoms with Crippen molar-refractivity contribution in [2.24, 2.45) is 5.73 Å². The summed E-state index contributed by atoms with van der Waals surface area (Å²) in [5.41, 5.74) is 6.87. The van der Waals surface area contributed by atoms with Crippen molar-refractivity contribution in [3.63, 3.8) is 0 Å². The third-order valence-electron chi connectivity index (χ3n) is 4.48. The number of methoxy groups -OCH3 is 1. The van der Waals surface area contributed by atoms with Crippen LogP contribution in [0.1, 0.15) is 33.2 Å². The van der Waals surface area contributed by atoms with Gasteiger partial charge in [-0.3, -0.25) is 14.4 Å². The first-order chi connectivity index (χ1) is 14.7. The Kier molecular flexibility index (Phi) is 8.27. The third-order valence-corrected chi connectivity index (χ3v) is 4.77. The largest absolute Gasteiger partial charge is 0.493 e. The van der Waals surface area contributed by atoms with Gasteiger partial charge < -0.3 is 25.0 Å². The molecular weight excluding hydrogens is 422 g/mol. The topological polar surface area (TPSA) is 102 Å². The fourth-order valence-corrected chi connectivity index (χ4v) is 3.13. The van der Waals surface area contributed by atoms with Gasteiger partial charge in [-0.1, -0.05) is 23.7 Å². The van der Waals surface area contributed by atoms with Crippen LogP contribution < -0.4 is 15.2 Å². The first-order valence-corrected chi connectivity index (χ1v) is 9.94. The van der Waals surface area contributed by atoms with Crippen LogP contribution in [0.4, 0.5) is 0 Å². The summed E-state index contributed by atoms with van der Waals surface area (Å²) in [5.74, 6) is -0.634. The molecule has 2 aromatic rings. The van der Waals surface area contributed by atoms with E-state index in [1.54, 1.807) is 31.1 Å². The first kappa shape index (κ1) is 24.0. The standard InChI is InChI=1S/C22H26ClN3O5/c1-5-26(12-14-6-8-15(9-7-14)21(28)25(2)3)22(29)16-10-17(23)20(18(11-16)30-4)31-13-19(24)27/h6-11H,5,12-13H2,1-4H3,(H2,24,27). The lowest BCUT2D eigenvalue weighted by Crippen LogP contribution is -2.30. The van der Waals surface area contributed by atoms with E-state index in [-0.39, 0.29) is 34.9 Å². The molecule has 0 aliphatic heterocycles. The zero-order valence-electron chi connectivity index (χ0n) is 18.0. The van der Waals surface area contributed by atoms with Gasteiger partial charge in [0, 0.05) is 38.3 Å². The molecule has 0 heterocycles. The molecule has 9 heteroatoms. The summed E-state index contributed by atoms with van der Waals surface area (Å²) >= 11 is 6.26. The Bertz CT molecular complexity index is 960. The smallest absolute Gasteiger partial charge is 0.255 e. The number of amides is 3. The summed E-state index contributed by atoms with van der Waals surface area (Å²) < 4.78 is 10.6. The maximum absolute atomic E-state index is 13.1. The van der Waals surface area contributed by atoms with Gasteiger partial charge in [-0.05, 0) is 36.8 Å². The molecule has 0 aliphatic rings. The summed E-state index contributed by atoms with van der Waals surface area (Å²) in [4.78, 5) is 39.2. The summed E-state index contributed by atoms with van der Waals surface area (Å²) in [6.45, 7) is 2.31. The number of nitrogens with zero attached hydrogens (tertiary/aromatic N) is 2. The van der Waals surface area contributed by atoms with Crippen LogP contribution in [0.5, 0.6) is 11.5 Å². The second-order valence-corrected chi connectivity index (χ2v) is 7.37. The molecule has 166 valence electrons. The van der Waals surface area contributed by atoms with E-state index < -0.39 is 5.91 Å². The summed E-state index contributed by atoms with van der Waals surface area (Å²) in [6, 6.07) is 10.1. The van der Waals surface area contributed by atoms with Crippen LogP contribution in [0.3, 0.4) is 0 Å². The van der Waals surface area contributed by atoms with Crippen molar-refractivity contribution in [1.29, 1.82) is 0 Å². The lowest BCUT2D eigenvalue weighted by Gasteiger charge is -2.22. The Morgan fingerprint density at radius 1 is 1.03 bits per heavy atom. The number of nitrogens with two attached hydrogens (primary N) is 1.